The van der Waals surface area contributed by atoms with Crippen molar-refractivity contribution in [2.45, 2.75) is 82.2 Å². The van der Waals surface area contributed by atoms with E-state index < -0.39 is 15.6 Å². The number of sulfonamides is 1. The van der Waals surface area contributed by atoms with Gasteiger partial charge in [0.05, 0.1) is 20.6 Å². The minimum absolute atomic E-state index is 0.0330. The van der Waals surface area contributed by atoms with Gasteiger partial charge >= 0.3 is 0 Å². The molecular formula is C23H29Cl2N3O3S2. The van der Waals surface area contributed by atoms with Crippen molar-refractivity contribution in [3.8, 4) is 10.4 Å². The summed E-state index contributed by atoms with van der Waals surface area (Å²) in [7, 11) is -3.85. The van der Waals surface area contributed by atoms with Crippen LogP contribution in [0.5, 0.6) is 0 Å². The largest absolute Gasteiger partial charge is 0.347 e. The number of carbonyl (C=O) groups is 1. The van der Waals surface area contributed by atoms with Gasteiger partial charge in [0, 0.05) is 17.1 Å². The number of halogens is 2. The molecule has 0 radical (unpaired) electrons. The molecule has 4 rings (SSSR count). The number of aromatic nitrogens is 1. The first-order valence-corrected chi connectivity index (χ1v) is 14.3. The molecule has 2 aliphatic rings. The SMILES string of the molecule is CC(C)(C)NS(=O)(=O)c1ccc(-c2sc(C(=O)NC3CCC3)nc2CC2CCC2)c(Cl)c1Cl. The fourth-order valence-corrected chi connectivity index (χ4v) is 7.31. The van der Waals surface area contributed by atoms with Crippen molar-refractivity contribution in [3.63, 3.8) is 0 Å². The van der Waals surface area contributed by atoms with Gasteiger partial charge in [-0.05, 0) is 58.4 Å². The van der Waals surface area contributed by atoms with Gasteiger partial charge in [-0.1, -0.05) is 48.5 Å². The van der Waals surface area contributed by atoms with E-state index in [1.807, 2.05) is 0 Å². The van der Waals surface area contributed by atoms with Crippen LogP contribution in [0.2, 0.25) is 10.0 Å². The molecule has 33 heavy (non-hydrogen) atoms. The first kappa shape index (κ1) is 24.9. The van der Waals surface area contributed by atoms with Gasteiger partial charge in [-0.25, -0.2) is 18.1 Å². The number of hydrogen-bond acceptors (Lipinski definition) is 5. The maximum Gasteiger partial charge on any atom is 0.280 e. The Kier molecular flexibility index (Phi) is 7.14. The first-order valence-electron chi connectivity index (χ1n) is 11.3. The Hall–Kier alpha value is -1.19. The highest BCUT2D eigenvalue weighted by Gasteiger charge is 2.30. The summed E-state index contributed by atoms with van der Waals surface area (Å²) in [6.45, 7) is 5.28. The summed E-state index contributed by atoms with van der Waals surface area (Å²) in [5.41, 5.74) is 0.764. The molecule has 2 aromatic rings. The Morgan fingerprint density at radius 2 is 1.79 bits per heavy atom. The minimum Gasteiger partial charge on any atom is -0.347 e. The number of nitrogens with one attached hydrogen (secondary N) is 2. The van der Waals surface area contributed by atoms with Crippen LogP contribution < -0.4 is 10.0 Å². The summed E-state index contributed by atoms with van der Waals surface area (Å²) >= 11 is 14.4. The van der Waals surface area contributed by atoms with E-state index in [4.69, 9.17) is 23.2 Å². The molecule has 0 saturated heterocycles. The molecule has 1 heterocycles. The third-order valence-corrected chi connectivity index (χ3v) is 9.98. The lowest BCUT2D eigenvalue weighted by Crippen LogP contribution is -2.40. The van der Waals surface area contributed by atoms with Crippen LogP contribution in [0.15, 0.2) is 17.0 Å². The van der Waals surface area contributed by atoms with E-state index in [-0.39, 0.29) is 26.9 Å². The van der Waals surface area contributed by atoms with Crippen molar-refractivity contribution in [1.29, 1.82) is 0 Å². The van der Waals surface area contributed by atoms with Gasteiger partial charge in [0.2, 0.25) is 10.0 Å². The monoisotopic (exact) mass is 529 g/mol. The van der Waals surface area contributed by atoms with Crippen LogP contribution in [0.1, 0.15) is 74.8 Å². The molecule has 0 bridgehead atoms. The maximum atomic E-state index is 12.8. The minimum atomic E-state index is -3.85. The number of rotatable bonds is 7. The Labute approximate surface area is 209 Å². The second-order valence-electron chi connectivity index (χ2n) is 9.99. The highest BCUT2D eigenvalue weighted by atomic mass is 35.5. The lowest BCUT2D eigenvalue weighted by atomic mass is 9.82. The summed E-state index contributed by atoms with van der Waals surface area (Å²) < 4.78 is 28.3. The Balaban J connectivity index is 1.70. The Morgan fingerprint density at radius 1 is 1.12 bits per heavy atom. The van der Waals surface area contributed by atoms with Crippen molar-refractivity contribution in [2.75, 3.05) is 0 Å². The molecular weight excluding hydrogens is 501 g/mol. The molecule has 2 saturated carbocycles. The molecule has 180 valence electrons. The van der Waals surface area contributed by atoms with Crippen LogP contribution in [0.25, 0.3) is 10.4 Å². The van der Waals surface area contributed by atoms with Gasteiger partial charge in [-0.15, -0.1) is 11.3 Å². The topological polar surface area (TPSA) is 88.2 Å². The predicted molar refractivity (Wildman–Crippen MR) is 134 cm³/mol. The second-order valence-corrected chi connectivity index (χ2v) is 13.4. The molecule has 0 spiro atoms. The lowest BCUT2D eigenvalue weighted by Gasteiger charge is -2.25. The fraction of sp³-hybridized carbons (Fsp3) is 0.565. The molecule has 1 amide bonds. The van der Waals surface area contributed by atoms with Gasteiger partial charge in [0.25, 0.3) is 5.91 Å². The van der Waals surface area contributed by atoms with Crippen molar-refractivity contribution >= 4 is 50.5 Å². The highest BCUT2D eigenvalue weighted by molar-refractivity contribution is 7.89. The van der Waals surface area contributed by atoms with E-state index in [2.05, 4.69) is 15.0 Å². The van der Waals surface area contributed by atoms with Crippen LogP contribution in [-0.4, -0.2) is 30.9 Å². The number of thiazole rings is 1. The summed E-state index contributed by atoms with van der Waals surface area (Å²) in [6, 6.07) is 3.35. The highest BCUT2D eigenvalue weighted by Crippen LogP contribution is 2.43. The van der Waals surface area contributed by atoms with E-state index in [0.29, 0.717) is 16.5 Å². The second kappa shape index (κ2) is 9.46. The number of benzene rings is 1. The molecule has 6 nitrogen and oxygen atoms in total. The van der Waals surface area contributed by atoms with Crippen molar-refractivity contribution in [1.82, 2.24) is 15.0 Å². The van der Waals surface area contributed by atoms with Crippen LogP contribution in [0.4, 0.5) is 0 Å². The van der Waals surface area contributed by atoms with Crippen molar-refractivity contribution in [2.24, 2.45) is 5.92 Å². The zero-order valence-corrected chi connectivity index (χ0v) is 22.1. The average Bonchev–Trinajstić information content (AvgIpc) is 3.05. The van der Waals surface area contributed by atoms with Gasteiger partial charge in [0.1, 0.15) is 4.90 Å². The summed E-state index contributed by atoms with van der Waals surface area (Å²) in [5.74, 6) is 0.375. The lowest BCUT2D eigenvalue weighted by molar-refractivity contribution is 0.0916. The molecule has 10 heteroatoms. The Morgan fingerprint density at radius 3 is 2.33 bits per heavy atom. The average molecular weight is 531 g/mol. The predicted octanol–water partition coefficient (Wildman–Crippen LogP) is 5.82. The van der Waals surface area contributed by atoms with Crippen LogP contribution in [0.3, 0.4) is 0 Å². The van der Waals surface area contributed by atoms with E-state index in [0.717, 1.165) is 49.1 Å². The molecule has 0 atom stereocenters. The number of nitrogens with zero attached hydrogens (tertiary/aromatic N) is 1. The molecule has 1 aromatic carbocycles. The zero-order chi connectivity index (χ0) is 24.0. The van der Waals surface area contributed by atoms with Gasteiger partial charge in [-0.2, -0.15) is 0 Å². The third-order valence-electron chi connectivity index (χ3n) is 6.06. The van der Waals surface area contributed by atoms with Crippen LogP contribution in [0, 0.1) is 5.92 Å². The van der Waals surface area contributed by atoms with Crippen molar-refractivity contribution in [3.05, 3.63) is 32.9 Å². The smallest absolute Gasteiger partial charge is 0.280 e. The third kappa shape index (κ3) is 5.56. The van der Waals surface area contributed by atoms with E-state index in [1.54, 1.807) is 26.8 Å². The van der Waals surface area contributed by atoms with E-state index in [9.17, 15) is 13.2 Å². The normalized spacial score (nSPS) is 17.5. The Bertz CT molecular complexity index is 1160. The van der Waals surface area contributed by atoms with Crippen LogP contribution in [-0.2, 0) is 16.4 Å². The molecule has 2 aliphatic carbocycles. The standard InChI is InChI=1S/C23H29Cl2N3O3S2/c1-23(2,3)28-33(30,31)17-11-10-15(18(24)19(17)25)20-16(12-13-6-4-7-13)27-22(32-20)21(29)26-14-8-5-9-14/h10-11,13-14,28H,4-9,12H2,1-3H3,(H,26,29). The molecule has 1 aromatic heterocycles. The molecule has 2 fully saturated rings. The molecule has 2 N–H and O–H groups in total. The summed E-state index contributed by atoms with van der Waals surface area (Å²) in [6.07, 6.45) is 7.39. The summed E-state index contributed by atoms with van der Waals surface area (Å²) in [5, 5.41) is 3.57. The summed E-state index contributed by atoms with van der Waals surface area (Å²) in [4.78, 5) is 18.2. The van der Waals surface area contributed by atoms with Gasteiger partial charge in [0.15, 0.2) is 5.01 Å². The zero-order valence-electron chi connectivity index (χ0n) is 19.0. The van der Waals surface area contributed by atoms with Crippen LogP contribution >= 0.6 is 34.5 Å². The quantitative estimate of drug-likeness (QED) is 0.472. The van der Waals surface area contributed by atoms with Crippen molar-refractivity contribution < 1.29 is 13.2 Å². The molecule has 0 aliphatic heterocycles. The number of carbonyl (C=O) groups excluding carboxylic acids is 1. The van der Waals surface area contributed by atoms with E-state index >= 15 is 0 Å². The number of amides is 1. The number of hydrogen-bond donors (Lipinski definition) is 2. The maximum absolute atomic E-state index is 12.8. The van der Waals surface area contributed by atoms with Gasteiger partial charge < -0.3 is 5.32 Å². The van der Waals surface area contributed by atoms with E-state index in [1.165, 1.54) is 23.8 Å². The molecule has 0 unspecified atom stereocenters. The van der Waals surface area contributed by atoms with Gasteiger partial charge in [-0.3, -0.25) is 4.79 Å². The first-order chi connectivity index (χ1) is 15.4. The fourth-order valence-electron chi connectivity index (χ4n) is 3.94.